The molecule has 2 fully saturated rings. The number of nitriles is 2. The highest BCUT2D eigenvalue weighted by Gasteiger charge is 2.26. The number of aliphatic hydroxyl groups is 1. The van der Waals surface area contributed by atoms with Crippen LogP contribution in [0.5, 0.6) is 0 Å². The van der Waals surface area contributed by atoms with Crippen molar-refractivity contribution < 1.29 is 5.11 Å². The number of benzene rings is 1. The average molecular weight is 493 g/mol. The van der Waals surface area contributed by atoms with Gasteiger partial charge in [-0.2, -0.15) is 20.0 Å². The van der Waals surface area contributed by atoms with Crippen molar-refractivity contribution in [2.24, 2.45) is 0 Å². The first-order valence-electron chi connectivity index (χ1n) is 11.5. The van der Waals surface area contributed by atoms with Crippen LogP contribution in [0.1, 0.15) is 31.0 Å². The Balaban J connectivity index is 1.47. The second kappa shape index (κ2) is 9.55. The lowest BCUT2D eigenvalue weighted by atomic mass is 10.1. The Hall–Kier alpha value is -3.64. The molecule has 0 spiro atoms. The van der Waals surface area contributed by atoms with Crippen molar-refractivity contribution in [3.8, 4) is 12.1 Å². The molecule has 1 atom stereocenters. The third-order valence-electron chi connectivity index (χ3n) is 6.37. The summed E-state index contributed by atoms with van der Waals surface area (Å²) in [6.45, 7) is 5.12. The zero-order valence-electron chi connectivity index (χ0n) is 19.2. The quantitative estimate of drug-likeness (QED) is 0.449. The molecule has 1 aliphatic carbocycles. The van der Waals surface area contributed by atoms with Gasteiger partial charge in [0.15, 0.2) is 17.2 Å². The van der Waals surface area contributed by atoms with E-state index in [1.54, 1.807) is 12.1 Å². The maximum Gasteiger partial charge on any atom is 0.247 e. The Morgan fingerprint density at radius 1 is 1.20 bits per heavy atom. The summed E-state index contributed by atoms with van der Waals surface area (Å²) in [5.41, 5.74) is 2.48. The number of nitrogens with one attached hydrogen (secondary N) is 2. The fraction of sp³-hybridized carbons (Fsp3) is 0.435. The third-order valence-corrected chi connectivity index (χ3v) is 6.76. The van der Waals surface area contributed by atoms with Crippen molar-refractivity contribution >= 4 is 40.4 Å². The normalized spacial score (nSPS) is 17.1. The van der Waals surface area contributed by atoms with Crippen molar-refractivity contribution in [1.29, 1.82) is 10.5 Å². The minimum absolute atomic E-state index is 0.0993. The molecule has 0 bridgehead atoms. The van der Waals surface area contributed by atoms with E-state index in [4.69, 9.17) is 11.6 Å². The van der Waals surface area contributed by atoms with Gasteiger partial charge in [0.25, 0.3) is 0 Å². The Kier molecular flexibility index (Phi) is 6.31. The van der Waals surface area contributed by atoms with Crippen LogP contribution < -0.4 is 15.5 Å². The van der Waals surface area contributed by atoms with E-state index in [-0.39, 0.29) is 24.3 Å². The zero-order valence-corrected chi connectivity index (χ0v) is 20.0. The number of aliphatic hydroxyl groups excluding tert-OH is 1. The van der Waals surface area contributed by atoms with E-state index in [0.29, 0.717) is 33.8 Å². The first-order chi connectivity index (χ1) is 17.0. The number of imidazole rings is 1. The number of nitrogens with zero attached hydrogens (tertiary/aromatic N) is 8. The fourth-order valence-electron chi connectivity index (χ4n) is 4.16. The molecule has 12 heteroatoms. The van der Waals surface area contributed by atoms with Crippen LogP contribution in [0.15, 0.2) is 18.3 Å². The first-order valence-corrected chi connectivity index (χ1v) is 11.9. The molecule has 0 radical (unpaired) electrons. The van der Waals surface area contributed by atoms with Gasteiger partial charge in [0, 0.05) is 38.3 Å². The van der Waals surface area contributed by atoms with Gasteiger partial charge in [-0.15, -0.1) is 5.10 Å². The minimum Gasteiger partial charge on any atom is -0.395 e. The topological polar surface area (TPSA) is 141 Å². The molecule has 11 nitrogen and oxygen atoms in total. The summed E-state index contributed by atoms with van der Waals surface area (Å²) < 4.78 is 1.45. The van der Waals surface area contributed by atoms with Gasteiger partial charge in [-0.1, -0.05) is 11.6 Å². The maximum atomic E-state index is 9.66. The Morgan fingerprint density at radius 3 is 2.63 bits per heavy atom. The Morgan fingerprint density at radius 2 is 1.97 bits per heavy atom. The molecule has 1 aliphatic heterocycles. The largest absolute Gasteiger partial charge is 0.395 e. The fourth-order valence-corrected chi connectivity index (χ4v) is 4.44. The van der Waals surface area contributed by atoms with Gasteiger partial charge in [0.05, 0.1) is 40.8 Å². The van der Waals surface area contributed by atoms with Crippen LogP contribution in [0.2, 0.25) is 5.02 Å². The van der Waals surface area contributed by atoms with Crippen LogP contribution in [0.4, 0.5) is 23.1 Å². The summed E-state index contributed by atoms with van der Waals surface area (Å²) in [5, 5.41) is 40.0. The van der Waals surface area contributed by atoms with Crippen molar-refractivity contribution in [2.75, 3.05) is 48.3 Å². The molecule has 2 aliphatic rings. The lowest BCUT2D eigenvalue weighted by Crippen LogP contribution is -2.50. The summed E-state index contributed by atoms with van der Waals surface area (Å²) in [6.07, 6.45) is 3.56. The molecule has 35 heavy (non-hydrogen) atoms. The van der Waals surface area contributed by atoms with Gasteiger partial charge in [-0.25, -0.2) is 4.98 Å². The smallest absolute Gasteiger partial charge is 0.247 e. The molecule has 3 N–H and O–H groups in total. The van der Waals surface area contributed by atoms with Gasteiger partial charge in [0.1, 0.15) is 6.07 Å². The molecule has 5 rings (SSSR count). The SMILES string of the molecule is CC(CO)N1CCN(c2cc(C#N)cc(Nc3nc(NC4CC4)c4ncc(C#N)n4n3)c2Cl)CC1. The van der Waals surface area contributed by atoms with E-state index in [0.717, 1.165) is 44.7 Å². The van der Waals surface area contributed by atoms with E-state index in [2.05, 4.69) is 47.6 Å². The van der Waals surface area contributed by atoms with Crippen LogP contribution in [-0.4, -0.2) is 74.5 Å². The lowest BCUT2D eigenvalue weighted by Gasteiger charge is -2.39. The predicted molar refractivity (Wildman–Crippen MR) is 132 cm³/mol. The van der Waals surface area contributed by atoms with E-state index in [9.17, 15) is 15.6 Å². The number of fused-ring (bicyclic) bond motifs is 1. The molecule has 1 unspecified atom stereocenters. The number of hydrogen-bond acceptors (Lipinski definition) is 10. The summed E-state index contributed by atoms with van der Waals surface area (Å²) >= 11 is 6.83. The summed E-state index contributed by atoms with van der Waals surface area (Å²) in [4.78, 5) is 13.3. The summed E-state index contributed by atoms with van der Waals surface area (Å²) in [6, 6.07) is 8.17. The molecule has 2 aromatic heterocycles. The molecule has 1 aromatic carbocycles. The minimum atomic E-state index is 0.0993. The van der Waals surface area contributed by atoms with Gasteiger partial charge in [0.2, 0.25) is 5.95 Å². The Labute approximate surface area is 207 Å². The summed E-state index contributed by atoms with van der Waals surface area (Å²) in [5.74, 6) is 0.771. The number of aromatic nitrogens is 4. The molecule has 1 saturated heterocycles. The standard InChI is InChI=1S/C23H25ClN10O/c1-14(13-35)32-4-6-33(7-5-32)19-9-15(10-25)8-18(20(19)24)29-23-30-21(28-16-2-3-16)22-27-12-17(11-26)34(22)31-23/h8-9,12,14,16,35H,2-7,13H2,1H3,(H2,28,29,30,31). The monoisotopic (exact) mass is 492 g/mol. The van der Waals surface area contributed by atoms with E-state index in [1.165, 1.54) is 10.7 Å². The molecule has 0 amide bonds. The highest BCUT2D eigenvalue weighted by molar-refractivity contribution is 6.36. The molecule has 3 heterocycles. The van der Waals surface area contributed by atoms with Crippen molar-refractivity contribution in [1.82, 2.24) is 24.5 Å². The number of piperazine rings is 1. The van der Waals surface area contributed by atoms with Gasteiger partial charge < -0.3 is 20.6 Å². The van der Waals surface area contributed by atoms with E-state index >= 15 is 0 Å². The van der Waals surface area contributed by atoms with Gasteiger partial charge in [-0.3, -0.25) is 4.90 Å². The van der Waals surface area contributed by atoms with Crippen LogP contribution in [0, 0.1) is 22.7 Å². The van der Waals surface area contributed by atoms with Crippen LogP contribution in [0.3, 0.4) is 0 Å². The van der Waals surface area contributed by atoms with Crippen molar-refractivity contribution in [2.45, 2.75) is 31.8 Å². The van der Waals surface area contributed by atoms with Crippen LogP contribution >= 0.6 is 11.6 Å². The second-order valence-corrected chi connectivity index (χ2v) is 9.22. The second-order valence-electron chi connectivity index (χ2n) is 8.84. The number of anilines is 4. The van der Waals surface area contributed by atoms with Crippen LogP contribution in [0.25, 0.3) is 5.65 Å². The van der Waals surface area contributed by atoms with Gasteiger partial charge >= 0.3 is 0 Å². The third kappa shape index (κ3) is 4.66. The molecular formula is C23H25ClN10O. The first kappa shape index (κ1) is 23.1. The van der Waals surface area contributed by atoms with Crippen molar-refractivity contribution in [3.63, 3.8) is 0 Å². The maximum absolute atomic E-state index is 9.66. The predicted octanol–water partition coefficient (Wildman–Crippen LogP) is 2.34. The number of hydrogen-bond donors (Lipinski definition) is 3. The van der Waals surface area contributed by atoms with Crippen LogP contribution in [-0.2, 0) is 0 Å². The average Bonchev–Trinajstić information content (AvgIpc) is 3.60. The summed E-state index contributed by atoms with van der Waals surface area (Å²) in [7, 11) is 0. The molecule has 180 valence electrons. The number of halogens is 1. The highest BCUT2D eigenvalue weighted by Crippen LogP contribution is 2.36. The lowest BCUT2D eigenvalue weighted by molar-refractivity contribution is 0.128. The number of rotatable bonds is 7. The molecule has 1 saturated carbocycles. The molecule has 3 aromatic rings. The Bertz CT molecular complexity index is 1330. The molecular weight excluding hydrogens is 468 g/mol. The zero-order chi connectivity index (χ0) is 24.5. The van der Waals surface area contributed by atoms with E-state index in [1.807, 2.05) is 6.92 Å². The highest BCUT2D eigenvalue weighted by atomic mass is 35.5. The van der Waals surface area contributed by atoms with Gasteiger partial charge in [-0.05, 0) is 31.9 Å². The van der Waals surface area contributed by atoms with Crippen molar-refractivity contribution in [3.05, 3.63) is 34.6 Å². The van der Waals surface area contributed by atoms with E-state index < -0.39 is 0 Å².